The second-order valence-electron chi connectivity index (χ2n) is 6.17. The number of hydrogen-bond acceptors (Lipinski definition) is 6. The number of piperidine rings is 1. The molecule has 1 amide bonds. The monoisotopic (exact) mass is 359 g/mol. The Morgan fingerprint density at radius 1 is 1.28 bits per heavy atom. The maximum Gasteiger partial charge on any atom is 0.337 e. The van der Waals surface area contributed by atoms with Crippen molar-refractivity contribution in [3.05, 3.63) is 40.9 Å². The van der Waals surface area contributed by atoms with Gasteiger partial charge in [-0.15, -0.1) is 11.3 Å². The first-order chi connectivity index (χ1) is 12.1. The summed E-state index contributed by atoms with van der Waals surface area (Å²) in [7, 11) is 1.37. The number of esters is 1. The van der Waals surface area contributed by atoms with Crippen LogP contribution in [0.3, 0.4) is 0 Å². The Morgan fingerprint density at radius 2 is 1.96 bits per heavy atom. The number of rotatable bonds is 5. The van der Waals surface area contributed by atoms with Gasteiger partial charge in [0, 0.05) is 23.4 Å². The molecule has 0 saturated carbocycles. The molecule has 2 N–H and O–H groups in total. The van der Waals surface area contributed by atoms with E-state index in [2.05, 4.69) is 10.3 Å². The molecule has 0 radical (unpaired) electrons. The highest BCUT2D eigenvalue weighted by Crippen LogP contribution is 2.26. The van der Waals surface area contributed by atoms with Crippen LogP contribution in [-0.2, 0) is 16.1 Å². The number of thiazole rings is 1. The van der Waals surface area contributed by atoms with Crippen LogP contribution in [0.15, 0.2) is 29.6 Å². The van der Waals surface area contributed by atoms with E-state index in [1.807, 2.05) is 12.1 Å². The average molecular weight is 359 g/mol. The quantitative estimate of drug-likeness (QED) is 0.828. The third-order valence-corrected chi connectivity index (χ3v) is 5.42. The highest BCUT2D eigenvalue weighted by molar-refractivity contribution is 7.13. The first kappa shape index (κ1) is 17.6. The number of carbonyl (C=O) groups is 2. The van der Waals surface area contributed by atoms with E-state index in [0.29, 0.717) is 5.56 Å². The highest BCUT2D eigenvalue weighted by Gasteiger charge is 2.23. The molecule has 1 aromatic heterocycles. The molecule has 132 valence electrons. The van der Waals surface area contributed by atoms with Crippen molar-refractivity contribution < 1.29 is 14.3 Å². The number of carbonyl (C=O) groups excluding carboxylic acids is 2. The lowest BCUT2D eigenvalue weighted by Gasteiger charge is -2.29. The van der Waals surface area contributed by atoms with Crippen molar-refractivity contribution in [2.24, 2.45) is 11.7 Å². The molecular formula is C18H21N3O3S. The number of aromatic nitrogens is 1. The van der Waals surface area contributed by atoms with E-state index < -0.39 is 0 Å². The number of nitrogens with zero attached hydrogens (tertiary/aromatic N) is 2. The van der Waals surface area contributed by atoms with Gasteiger partial charge in [0.05, 0.1) is 18.4 Å². The summed E-state index contributed by atoms with van der Waals surface area (Å²) in [6, 6.07) is 7.26. The Balaban J connectivity index is 1.61. The summed E-state index contributed by atoms with van der Waals surface area (Å²) in [5, 5.41) is 2.99. The van der Waals surface area contributed by atoms with E-state index >= 15 is 0 Å². The molecule has 3 rings (SSSR count). The molecule has 1 fully saturated rings. The fraction of sp³-hybridized carbons (Fsp3) is 0.389. The summed E-state index contributed by atoms with van der Waals surface area (Å²) in [5.41, 5.74) is 7.91. The number of benzene rings is 1. The first-order valence-corrected chi connectivity index (χ1v) is 9.09. The number of amides is 1. The largest absolute Gasteiger partial charge is 0.465 e. The minimum atomic E-state index is -0.342. The second kappa shape index (κ2) is 7.76. The van der Waals surface area contributed by atoms with Crippen LogP contribution in [0, 0.1) is 5.92 Å². The van der Waals surface area contributed by atoms with Gasteiger partial charge in [0.15, 0.2) is 0 Å². The van der Waals surface area contributed by atoms with Gasteiger partial charge >= 0.3 is 5.97 Å². The molecule has 1 aliphatic heterocycles. The summed E-state index contributed by atoms with van der Waals surface area (Å²) in [4.78, 5) is 29.7. The Bertz CT molecular complexity index is 749. The van der Waals surface area contributed by atoms with E-state index in [9.17, 15) is 9.59 Å². The minimum Gasteiger partial charge on any atom is -0.465 e. The van der Waals surface area contributed by atoms with Crippen molar-refractivity contribution in [1.29, 1.82) is 0 Å². The van der Waals surface area contributed by atoms with Crippen LogP contribution in [0.5, 0.6) is 0 Å². The third-order valence-electron chi connectivity index (χ3n) is 4.48. The van der Waals surface area contributed by atoms with Crippen molar-refractivity contribution >= 4 is 23.2 Å². The molecule has 0 atom stereocenters. The zero-order valence-corrected chi connectivity index (χ0v) is 14.9. The molecule has 1 saturated heterocycles. The van der Waals surface area contributed by atoms with Gasteiger partial charge in [0.2, 0.25) is 5.91 Å². The van der Waals surface area contributed by atoms with Crippen molar-refractivity contribution in [3.8, 4) is 10.6 Å². The lowest BCUT2D eigenvalue weighted by Crippen LogP contribution is -2.38. The molecule has 0 bridgehead atoms. The lowest BCUT2D eigenvalue weighted by atomic mass is 9.96. The molecular weight excluding hydrogens is 338 g/mol. The van der Waals surface area contributed by atoms with Crippen LogP contribution in [0.25, 0.3) is 10.6 Å². The number of methoxy groups -OCH3 is 1. The van der Waals surface area contributed by atoms with Crippen LogP contribution in [0.2, 0.25) is 0 Å². The topological polar surface area (TPSA) is 85.5 Å². The molecule has 25 heavy (non-hydrogen) atoms. The summed E-state index contributed by atoms with van der Waals surface area (Å²) >= 11 is 1.59. The third kappa shape index (κ3) is 4.24. The molecule has 0 spiro atoms. The molecule has 2 heterocycles. The number of hydrogen-bond donors (Lipinski definition) is 1. The van der Waals surface area contributed by atoms with Crippen LogP contribution in [-0.4, -0.2) is 42.0 Å². The SMILES string of the molecule is COC(=O)c1ccc(-c2nc(CN3CCC(C(N)=O)CC3)cs2)cc1. The number of nitrogens with two attached hydrogens (primary N) is 1. The molecule has 1 aromatic carbocycles. The predicted molar refractivity (Wildman–Crippen MR) is 96.1 cm³/mol. The fourth-order valence-electron chi connectivity index (χ4n) is 2.98. The standard InChI is InChI=1S/C18H21N3O3S/c1-24-18(23)14-4-2-13(3-5-14)17-20-15(11-25-17)10-21-8-6-12(7-9-21)16(19)22/h2-5,11-12H,6-10H2,1H3,(H2,19,22). The number of ether oxygens (including phenoxy) is 1. The van der Waals surface area contributed by atoms with E-state index in [1.54, 1.807) is 23.5 Å². The van der Waals surface area contributed by atoms with Crippen molar-refractivity contribution in [2.75, 3.05) is 20.2 Å². The van der Waals surface area contributed by atoms with Gasteiger partial charge in [-0.05, 0) is 38.1 Å². The Kier molecular flexibility index (Phi) is 5.45. The van der Waals surface area contributed by atoms with Gasteiger partial charge in [-0.2, -0.15) is 0 Å². The average Bonchev–Trinajstić information content (AvgIpc) is 3.10. The number of likely N-dealkylation sites (tertiary alicyclic amines) is 1. The van der Waals surface area contributed by atoms with Crippen molar-refractivity contribution in [3.63, 3.8) is 0 Å². The zero-order valence-electron chi connectivity index (χ0n) is 14.1. The van der Waals surface area contributed by atoms with Crippen LogP contribution in [0.1, 0.15) is 28.9 Å². The Hall–Kier alpha value is -2.25. The van der Waals surface area contributed by atoms with Crippen LogP contribution in [0.4, 0.5) is 0 Å². The van der Waals surface area contributed by atoms with Gasteiger partial charge in [-0.25, -0.2) is 9.78 Å². The highest BCUT2D eigenvalue weighted by atomic mass is 32.1. The van der Waals surface area contributed by atoms with Gasteiger partial charge in [0.1, 0.15) is 5.01 Å². The van der Waals surface area contributed by atoms with Crippen LogP contribution >= 0.6 is 11.3 Å². The summed E-state index contributed by atoms with van der Waals surface area (Å²) in [6.45, 7) is 2.52. The summed E-state index contributed by atoms with van der Waals surface area (Å²) in [6.07, 6.45) is 1.64. The maximum absolute atomic E-state index is 11.5. The Morgan fingerprint density at radius 3 is 2.56 bits per heavy atom. The van der Waals surface area contributed by atoms with Gasteiger partial charge < -0.3 is 10.5 Å². The molecule has 1 aliphatic rings. The zero-order chi connectivity index (χ0) is 17.8. The van der Waals surface area contributed by atoms with Gasteiger partial charge in [0.25, 0.3) is 0 Å². The van der Waals surface area contributed by atoms with Crippen LogP contribution < -0.4 is 5.73 Å². The summed E-state index contributed by atoms with van der Waals surface area (Å²) < 4.78 is 4.71. The lowest BCUT2D eigenvalue weighted by molar-refractivity contribution is -0.123. The molecule has 0 unspecified atom stereocenters. The number of primary amides is 1. The van der Waals surface area contributed by atoms with E-state index in [1.165, 1.54) is 7.11 Å². The predicted octanol–water partition coefficient (Wildman–Crippen LogP) is 2.29. The van der Waals surface area contributed by atoms with E-state index in [0.717, 1.165) is 48.7 Å². The molecule has 2 aromatic rings. The minimum absolute atomic E-state index is 0.00979. The van der Waals surface area contributed by atoms with Gasteiger partial charge in [-0.3, -0.25) is 9.69 Å². The maximum atomic E-state index is 11.5. The second-order valence-corrected chi connectivity index (χ2v) is 7.02. The van der Waals surface area contributed by atoms with E-state index in [-0.39, 0.29) is 17.8 Å². The normalized spacial score (nSPS) is 15.9. The first-order valence-electron chi connectivity index (χ1n) is 8.21. The molecule has 0 aliphatic carbocycles. The van der Waals surface area contributed by atoms with Gasteiger partial charge in [-0.1, -0.05) is 12.1 Å². The summed E-state index contributed by atoms with van der Waals surface area (Å²) in [5.74, 6) is -0.521. The van der Waals surface area contributed by atoms with Crippen molar-refractivity contribution in [2.45, 2.75) is 19.4 Å². The van der Waals surface area contributed by atoms with E-state index in [4.69, 9.17) is 15.5 Å². The Labute approximate surface area is 150 Å². The molecule has 6 nitrogen and oxygen atoms in total. The smallest absolute Gasteiger partial charge is 0.337 e. The molecule has 7 heteroatoms. The van der Waals surface area contributed by atoms with Crippen molar-refractivity contribution in [1.82, 2.24) is 9.88 Å². The fourth-order valence-corrected chi connectivity index (χ4v) is 3.80.